The molecule has 4 nitrogen and oxygen atoms in total. The third-order valence-electron chi connectivity index (χ3n) is 3.79. The third kappa shape index (κ3) is 3.31. The first-order valence-electron chi connectivity index (χ1n) is 7.60. The molecular formula is C16H24N2O2. The number of anilines is 1. The van der Waals surface area contributed by atoms with E-state index in [1.165, 1.54) is 19.3 Å². The highest BCUT2D eigenvalue weighted by atomic mass is 16.5. The van der Waals surface area contributed by atoms with Crippen LogP contribution < -0.4 is 16.0 Å². The van der Waals surface area contributed by atoms with Crippen LogP contribution in [0.1, 0.15) is 57.6 Å². The van der Waals surface area contributed by atoms with Crippen LogP contribution >= 0.6 is 0 Å². The zero-order valence-corrected chi connectivity index (χ0v) is 12.2. The summed E-state index contributed by atoms with van der Waals surface area (Å²) in [5.74, 6) is 0.0910. The van der Waals surface area contributed by atoms with Crippen LogP contribution in [-0.2, 0) is 6.42 Å². The molecule has 1 heterocycles. The molecule has 0 bridgehead atoms. The summed E-state index contributed by atoms with van der Waals surface area (Å²) in [6.07, 6.45) is 12.6. The predicted molar refractivity (Wildman–Crippen MR) is 81.2 cm³/mol. The number of hydrogen-bond donors (Lipinski definition) is 3. The summed E-state index contributed by atoms with van der Waals surface area (Å²) in [6.45, 7) is 2.20. The second kappa shape index (κ2) is 7.29. The van der Waals surface area contributed by atoms with Crippen LogP contribution in [0.25, 0.3) is 12.2 Å². The molecule has 0 aromatic carbocycles. The van der Waals surface area contributed by atoms with Crippen LogP contribution in [0, 0.1) is 0 Å². The van der Waals surface area contributed by atoms with Crippen LogP contribution in [0.2, 0.25) is 0 Å². The van der Waals surface area contributed by atoms with Gasteiger partial charge in [-0.25, -0.2) is 4.98 Å². The number of aromatic hydroxyl groups is 1. The van der Waals surface area contributed by atoms with Crippen molar-refractivity contribution in [1.29, 1.82) is 0 Å². The third-order valence-corrected chi connectivity index (χ3v) is 3.79. The fourth-order valence-corrected chi connectivity index (χ4v) is 2.65. The molecule has 20 heavy (non-hydrogen) atoms. The first kappa shape index (κ1) is 14.9. The second-order valence-electron chi connectivity index (χ2n) is 5.34. The molecule has 110 valence electrons. The summed E-state index contributed by atoms with van der Waals surface area (Å²) in [5.41, 5.74) is 3.21. The summed E-state index contributed by atoms with van der Waals surface area (Å²) in [6, 6.07) is 0. The normalized spacial score (nSPS) is 13.3. The molecule has 0 atom stereocenters. The van der Waals surface area contributed by atoms with Crippen molar-refractivity contribution in [3.63, 3.8) is 0 Å². The van der Waals surface area contributed by atoms with Gasteiger partial charge in [-0.1, -0.05) is 44.8 Å². The zero-order valence-electron chi connectivity index (χ0n) is 12.2. The minimum Gasteiger partial charge on any atom is -0.504 e. The highest BCUT2D eigenvalue weighted by molar-refractivity contribution is 5.61. The Morgan fingerprint density at radius 1 is 1.15 bits per heavy atom. The standard InChI is InChI=1S/C16H24N2O2/c1-2-3-4-5-6-11-14-16(19)15(18-20)12-9-7-8-10-13(12)17-14/h9-10,18-20H,2-8,11H2,1H3. The second-order valence-corrected chi connectivity index (χ2v) is 5.34. The summed E-state index contributed by atoms with van der Waals surface area (Å²) < 4.78 is 0. The Hall–Kier alpha value is -1.55. The van der Waals surface area contributed by atoms with Crippen molar-refractivity contribution in [2.45, 2.75) is 58.3 Å². The van der Waals surface area contributed by atoms with Crippen molar-refractivity contribution < 1.29 is 10.3 Å². The molecule has 0 saturated carbocycles. The Morgan fingerprint density at radius 2 is 1.90 bits per heavy atom. The SMILES string of the molecule is CCCCCCCc1nc2c(c(NO)c1O)=CCCC=2. The van der Waals surface area contributed by atoms with E-state index < -0.39 is 0 Å². The van der Waals surface area contributed by atoms with E-state index in [2.05, 4.69) is 23.5 Å². The summed E-state index contributed by atoms with van der Waals surface area (Å²) in [4.78, 5) is 4.55. The molecule has 0 saturated heterocycles. The van der Waals surface area contributed by atoms with E-state index in [4.69, 9.17) is 0 Å². The number of aryl methyl sites for hydroxylation is 1. The molecule has 0 aliphatic heterocycles. The average molecular weight is 276 g/mol. The van der Waals surface area contributed by atoms with E-state index in [-0.39, 0.29) is 5.75 Å². The Kier molecular flexibility index (Phi) is 5.41. The Morgan fingerprint density at radius 3 is 2.65 bits per heavy atom. The molecule has 2 rings (SSSR count). The van der Waals surface area contributed by atoms with Crippen molar-refractivity contribution >= 4 is 17.8 Å². The van der Waals surface area contributed by atoms with E-state index in [1.807, 2.05) is 6.08 Å². The molecule has 1 aromatic rings. The van der Waals surface area contributed by atoms with Gasteiger partial charge in [-0.2, -0.15) is 0 Å². The number of fused-ring (bicyclic) bond motifs is 1. The van der Waals surface area contributed by atoms with Crippen LogP contribution in [0.15, 0.2) is 0 Å². The summed E-state index contributed by atoms with van der Waals surface area (Å²) in [7, 11) is 0. The lowest BCUT2D eigenvalue weighted by atomic mass is 10.1. The Balaban J connectivity index is 2.18. The maximum Gasteiger partial charge on any atom is 0.163 e. The molecular weight excluding hydrogens is 252 g/mol. The van der Waals surface area contributed by atoms with Gasteiger partial charge in [0.2, 0.25) is 0 Å². The van der Waals surface area contributed by atoms with E-state index in [0.29, 0.717) is 11.4 Å². The number of nitrogens with one attached hydrogen (secondary N) is 1. The first-order chi connectivity index (χ1) is 9.77. The van der Waals surface area contributed by atoms with Gasteiger partial charge < -0.3 is 5.11 Å². The highest BCUT2D eigenvalue weighted by Gasteiger charge is 2.12. The Bertz CT molecular complexity index is 567. The van der Waals surface area contributed by atoms with Crippen LogP contribution in [-0.4, -0.2) is 15.3 Å². The molecule has 0 radical (unpaired) electrons. The van der Waals surface area contributed by atoms with Gasteiger partial charge in [-0.05, 0) is 25.7 Å². The minimum absolute atomic E-state index is 0.0910. The van der Waals surface area contributed by atoms with Crippen molar-refractivity contribution in [1.82, 2.24) is 4.98 Å². The number of rotatable bonds is 7. The van der Waals surface area contributed by atoms with E-state index in [9.17, 15) is 10.3 Å². The maximum atomic E-state index is 10.2. The highest BCUT2D eigenvalue weighted by Crippen LogP contribution is 2.23. The van der Waals surface area contributed by atoms with Crippen molar-refractivity contribution in [2.75, 3.05) is 5.48 Å². The molecule has 3 N–H and O–H groups in total. The van der Waals surface area contributed by atoms with Crippen LogP contribution in [0.4, 0.5) is 5.69 Å². The van der Waals surface area contributed by atoms with E-state index >= 15 is 0 Å². The molecule has 0 spiro atoms. The number of aromatic nitrogens is 1. The number of hydrogen-bond acceptors (Lipinski definition) is 4. The van der Waals surface area contributed by atoms with E-state index in [0.717, 1.165) is 42.7 Å². The molecule has 1 aliphatic carbocycles. The largest absolute Gasteiger partial charge is 0.504 e. The molecule has 4 heteroatoms. The smallest absolute Gasteiger partial charge is 0.163 e. The molecule has 0 unspecified atom stereocenters. The number of unbranched alkanes of at least 4 members (excludes halogenated alkanes) is 4. The summed E-state index contributed by atoms with van der Waals surface area (Å²) >= 11 is 0. The van der Waals surface area contributed by atoms with Gasteiger partial charge >= 0.3 is 0 Å². The van der Waals surface area contributed by atoms with Crippen molar-refractivity contribution in [2.24, 2.45) is 0 Å². The quantitative estimate of drug-likeness (QED) is 0.529. The lowest BCUT2D eigenvalue weighted by Crippen LogP contribution is -2.33. The van der Waals surface area contributed by atoms with Gasteiger partial charge in [0, 0.05) is 5.22 Å². The van der Waals surface area contributed by atoms with Crippen LogP contribution in [0.5, 0.6) is 5.75 Å². The lowest BCUT2D eigenvalue weighted by molar-refractivity contribution is 0.378. The molecule has 1 aromatic heterocycles. The minimum atomic E-state index is 0.0910. The fraction of sp³-hybridized carbons (Fsp3) is 0.562. The van der Waals surface area contributed by atoms with Gasteiger partial charge in [-0.15, -0.1) is 0 Å². The monoisotopic (exact) mass is 276 g/mol. The summed E-state index contributed by atoms with van der Waals surface area (Å²) in [5, 5.41) is 21.2. The topological polar surface area (TPSA) is 65.4 Å². The first-order valence-corrected chi connectivity index (χ1v) is 7.60. The zero-order chi connectivity index (χ0) is 14.4. The van der Waals surface area contributed by atoms with Gasteiger partial charge in [0.15, 0.2) is 5.75 Å². The van der Waals surface area contributed by atoms with Crippen molar-refractivity contribution in [3.05, 3.63) is 16.3 Å². The fourth-order valence-electron chi connectivity index (χ4n) is 2.65. The van der Waals surface area contributed by atoms with Gasteiger partial charge in [0.1, 0.15) is 5.69 Å². The number of nitrogens with zero attached hydrogens (tertiary/aromatic N) is 1. The van der Waals surface area contributed by atoms with Crippen molar-refractivity contribution in [3.8, 4) is 5.75 Å². The van der Waals surface area contributed by atoms with Gasteiger partial charge in [0.25, 0.3) is 0 Å². The van der Waals surface area contributed by atoms with E-state index in [1.54, 1.807) is 0 Å². The lowest BCUT2D eigenvalue weighted by Gasteiger charge is -2.12. The molecule has 1 aliphatic rings. The maximum absolute atomic E-state index is 10.2. The van der Waals surface area contributed by atoms with Crippen LogP contribution in [0.3, 0.4) is 0 Å². The van der Waals surface area contributed by atoms with Gasteiger partial charge in [0.05, 0.1) is 11.0 Å². The Labute approximate surface area is 119 Å². The predicted octanol–water partition coefficient (Wildman–Crippen LogP) is 2.46. The molecule has 0 fully saturated rings. The number of pyridine rings is 1. The average Bonchev–Trinajstić information content (AvgIpc) is 2.47. The van der Waals surface area contributed by atoms with Gasteiger partial charge in [-0.3, -0.25) is 10.7 Å². The molecule has 0 amide bonds.